The van der Waals surface area contributed by atoms with Crippen LogP contribution in [0.3, 0.4) is 0 Å². The van der Waals surface area contributed by atoms with Gasteiger partial charge in [0.15, 0.2) is 0 Å². The first-order valence-corrected chi connectivity index (χ1v) is 10.9. The van der Waals surface area contributed by atoms with Gasteiger partial charge in [-0.25, -0.2) is 16.8 Å². The van der Waals surface area contributed by atoms with Crippen LogP contribution in [0.4, 0.5) is 0 Å². The standard InChI is InChI=1S/C15H25N3O4S2/c1-4-17(5-2)23(19,20)14-7-6-8-15(11-14)24(21,22)18-10-9-16-13(3)12-18/h6-8,11,13,16H,4-5,9-10,12H2,1-3H3/t13-/m0/s1. The molecule has 0 aliphatic carbocycles. The van der Waals surface area contributed by atoms with E-state index >= 15 is 0 Å². The number of hydrogen-bond acceptors (Lipinski definition) is 5. The molecule has 24 heavy (non-hydrogen) atoms. The van der Waals surface area contributed by atoms with Crippen molar-refractivity contribution >= 4 is 20.0 Å². The number of benzene rings is 1. The van der Waals surface area contributed by atoms with Crippen LogP contribution in [0.1, 0.15) is 20.8 Å². The third-order valence-corrected chi connectivity index (χ3v) is 8.02. The van der Waals surface area contributed by atoms with E-state index in [1.807, 2.05) is 6.92 Å². The van der Waals surface area contributed by atoms with Gasteiger partial charge in [-0.15, -0.1) is 0 Å². The smallest absolute Gasteiger partial charge is 0.243 e. The summed E-state index contributed by atoms with van der Waals surface area (Å²) in [5, 5.41) is 3.19. The van der Waals surface area contributed by atoms with Gasteiger partial charge in [-0.05, 0) is 25.1 Å². The molecule has 1 aromatic carbocycles. The Bertz CT molecular complexity index is 774. The average molecular weight is 376 g/mol. The van der Waals surface area contributed by atoms with Crippen molar-refractivity contribution in [2.75, 3.05) is 32.7 Å². The molecule has 0 amide bonds. The number of nitrogens with one attached hydrogen (secondary N) is 1. The molecule has 1 N–H and O–H groups in total. The van der Waals surface area contributed by atoms with Crippen molar-refractivity contribution in [3.8, 4) is 0 Å². The first-order chi connectivity index (χ1) is 11.2. The molecule has 1 aliphatic heterocycles. The molecule has 1 saturated heterocycles. The maximum absolute atomic E-state index is 12.8. The molecule has 9 heteroatoms. The van der Waals surface area contributed by atoms with Crippen molar-refractivity contribution in [3.05, 3.63) is 24.3 Å². The van der Waals surface area contributed by atoms with Gasteiger partial charge < -0.3 is 5.32 Å². The van der Waals surface area contributed by atoms with Crippen LogP contribution in [0.25, 0.3) is 0 Å². The lowest BCUT2D eigenvalue weighted by Crippen LogP contribution is -2.51. The second-order valence-corrected chi connectivity index (χ2v) is 9.66. The van der Waals surface area contributed by atoms with E-state index in [4.69, 9.17) is 0 Å². The molecule has 0 radical (unpaired) electrons. The fourth-order valence-corrected chi connectivity index (χ4v) is 5.93. The van der Waals surface area contributed by atoms with Crippen LogP contribution in [0.5, 0.6) is 0 Å². The Morgan fingerprint density at radius 2 is 1.79 bits per heavy atom. The zero-order valence-electron chi connectivity index (χ0n) is 14.3. The van der Waals surface area contributed by atoms with Crippen LogP contribution < -0.4 is 5.32 Å². The summed E-state index contributed by atoms with van der Waals surface area (Å²) in [4.78, 5) is 0.0280. The van der Waals surface area contributed by atoms with Gasteiger partial charge in [0.2, 0.25) is 20.0 Å². The third kappa shape index (κ3) is 3.80. The number of sulfonamides is 2. The van der Waals surface area contributed by atoms with Crippen LogP contribution in [0, 0.1) is 0 Å². The van der Waals surface area contributed by atoms with E-state index in [1.165, 1.54) is 32.9 Å². The molecule has 2 rings (SSSR count). The minimum Gasteiger partial charge on any atom is -0.312 e. The largest absolute Gasteiger partial charge is 0.312 e. The molecule has 0 saturated carbocycles. The van der Waals surface area contributed by atoms with Gasteiger partial charge >= 0.3 is 0 Å². The average Bonchev–Trinajstić information content (AvgIpc) is 2.56. The number of rotatable bonds is 6. The number of piperazine rings is 1. The Morgan fingerprint density at radius 1 is 1.17 bits per heavy atom. The molecule has 0 aromatic heterocycles. The fourth-order valence-electron chi connectivity index (χ4n) is 2.77. The molecule has 0 unspecified atom stereocenters. The minimum atomic E-state index is -3.71. The molecular weight excluding hydrogens is 350 g/mol. The first-order valence-electron chi connectivity index (χ1n) is 8.07. The lowest BCUT2D eigenvalue weighted by Gasteiger charge is -2.31. The lowest BCUT2D eigenvalue weighted by atomic mass is 10.3. The van der Waals surface area contributed by atoms with Gasteiger partial charge in [-0.1, -0.05) is 19.9 Å². The topological polar surface area (TPSA) is 86.8 Å². The van der Waals surface area contributed by atoms with Crippen LogP contribution in [0.2, 0.25) is 0 Å². The van der Waals surface area contributed by atoms with Crippen molar-refractivity contribution in [2.24, 2.45) is 0 Å². The third-order valence-electron chi connectivity index (χ3n) is 4.12. The Hall–Kier alpha value is -1.00. The normalized spacial score (nSPS) is 20.4. The molecule has 0 spiro atoms. The van der Waals surface area contributed by atoms with Crippen LogP contribution >= 0.6 is 0 Å². The Morgan fingerprint density at radius 3 is 2.38 bits per heavy atom. The summed E-state index contributed by atoms with van der Waals surface area (Å²) in [6, 6.07) is 5.69. The number of hydrogen-bond donors (Lipinski definition) is 1. The monoisotopic (exact) mass is 375 g/mol. The molecule has 7 nitrogen and oxygen atoms in total. The summed E-state index contributed by atoms with van der Waals surface area (Å²) in [5.41, 5.74) is 0. The predicted octanol–water partition coefficient (Wildman–Crippen LogP) is 0.700. The maximum atomic E-state index is 12.8. The van der Waals surface area contributed by atoms with Crippen molar-refractivity contribution in [1.82, 2.24) is 13.9 Å². The van der Waals surface area contributed by atoms with Crippen LogP contribution in [-0.4, -0.2) is 64.2 Å². The van der Waals surface area contributed by atoms with Crippen molar-refractivity contribution in [2.45, 2.75) is 36.6 Å². The Balaban J connectivity index is 2.40. The zero-order chi connectivity index (χ0) is 18.0. The summed E-state index contributed by atoms with van der Waals surface area (Å²) in [6.45, 7) is 7.43. The van der Waals surface area contributed by atoms with E-state index < -0.39 is 20.0 Å². The highest BCUT2D eigenvalue weighted by molar-refractivity contribution is 7.90. The highest BCUT2D eigenvalue weighted by Crippen LogP contribution is 2.22. The molecular formula is C15H25N3O4S2. The predicted molar refractivity (Wildman–Crippen MR) is 92.8 cm³/mol. The SMILES string of the molecule is CCN(CC)S(=O)(=O)c1cccc(S(=O)(=O)N2CCN[C@@H](C)C2)c1. The Labute approximate surface area is 144 Å². The molecule has 0 bridgehead atoms. The highest BCUT2D eigenvalue weighted by atomic mass is 32.2. The first kappa shape index (κ1) is 19.3. The van der Waals surface area contributed by atoms with Gasteiger partial charge in [0.25, 0.3) is 0 Å². The van der Waals surface area contributed by atoms with Crippen molar-refractivity contribution in [1.29, 1.82) is 0 Å². The molecule has 1 aromatic rings. The summed E-state index contributed by atoms with van der Waals surface area (Å²) < 4.78 is 53.6. The van der Waals surface area contributed by atoms with E-state index in [1.54, 1.807) is 13.8 Å². The molecule has 136 valence electrons. The molecule has 1 heterocycles. The summed E-state index contributed by atoms with van der Waals surface area (Å²) in [7, 11) is -7.39. The molecule has 1 fully saturated rings. The van der Waals surface area contributed by atoms with Crippen molar-refractivity contribution < 1.29 is 16.8 Å². The van der Waals surface area contributed by atoms with Gasteiger partial charge in [-0.2, -0.15) is 8.61 Å². The maximum Gasteiger partial charge on any atom is 0.243 e. The van der Waals surface area contributed by atoms with E-state index in [0.29, 0.717) is 32.7 Å². The quantitative estimate of drug-likeness (QED) is 0.791. The van der Waals surface area contributed by atoms with Crippen LogP contribution in [0.15, 0.2) is 34.1 Å². The second kappa shape index (κ2) is 7.49. The summed E-state index contributed by atoms with van der Waals surface area (Å²) in [5.74, 6) is 0. The van der Waals surface area contributed by atoms with Gasteiger partial charge in [0, 0.05) is 38.8 Å². The zero-order valence-corrected chi connectivity index (χ0v) is 15.9. The minimum absolute atomic E-state index is 0.00968. The van der Waals surface area contributed by atoms with Gasteiger partial charge in [0.1, 0.15) is 0 Å². The van der Waals surface area contributed by atoms with E-state index in [9.17, 15) is 16.8 Å². The summed E-state index contributed by atoms with van der Waals surface area (Å²) >= 11 is 0. The van der Waals surface area contributed by atoms with E-state index in [-0.39, 0.29) is 15.8 Å². The number of nitrogens with zero attached hydrogens (tertiary/aromatic N) is 2. The molecule has 1 atom stereocenters. The highest BCUT2D eigenvalue weighted by Gasteiger charge is 2.30. The second-order valence-electron chi connectivity index (χ2n) is 5.78. The lowest BCUT2D eigenvalue weighted by molar-refractivity contribution is 0.310. The van der Waals surface area contributed by atoms with E-state index in [0.717, 1.165) is 0 Å². The molecule has 1 aliphatic rings. The van der Waals surface area contributed by atoms with Gasteiger partial charge in [0.05, 0.1) is 9.79 Å². The van der Waals surface area contributed by atoms with Gasteiger partial charge in [-0.3, -0.25) is 0 Å². The van der Waals surface area contributed by atoms with Crippen molar-refractivity contribution in [3.63, 3.8) is 0 Å². The fraction of sp³-hybridized carbons (Fsp3) is 0.600. The summed E-state index contributed by atoms with van der Waals surface area (Å²) in [6.07, 6.45) is 0. The van der Waals surface area contributed by atoms with Crippen LogP contribution in [-0.2, 0) is 20.0 Å². The van der Waals surface area contributed by atoms with E-state index in [2.05, 4.69) is 5.32 Å². The Kier molecular flexibility index (Phi) is 6.03.